The van der Waals surface area contributed by atoms with Crippen LogP contribution in [0.4, 0.5) is 0 Å². The first kappa shape index (κ1) is 12.6. The van der Waals surface area contributed by atoms with E-state index in [0.29, 0.717) is 17.5 Å². The molecule has 0 atom stereocenters. The monoisotopic (exact) mass is 220 g/mol. The van der Waals surface area contributed by atoms with E-state index in [0.717, 1.165) is 17.3 Å². The molecule has 3 nitrogen and oxygen atoms in total. The van der Waals surface area contributed by atoms with Gasteiger partial charge < -0.3 is 4.48 Å². The molecule has 0 saturated heterocycles. The standard InChI is InChI=1S/C13H18NO2/c1-14(2,3)8-7-13(16)12-6-4-5-11(9-12)10-15/h4-6,9-10H,7-8H2,1-3H3/q+1. The van der Waals surface area contributed by atoms with Gasteiger partial charge in [0.05, 0.1) is 34.1 Å². The van der Waals surface area contributed by atoms with Gasteiger partial charge in [0.2, 0.25) is 0 Å². The summed E-state index contributed by atoms with van der Waals surface area (Å²) in [6, 6.07) is 6.84. The average molecular weight is 220 g/mol. The van der Waals surface area contributed by atoms with E-state index in [1.165, 1.54) is 0 Å². The van der Waals surface area contributed by atoms with Crippen LogP contribution >= 0.6 is 0 Å². The number of ketones is 1. The highest BCUT2D eigenvalue weighted by atomic mass is 16.1. The first-order chi connectivity index (χ1) is 7.42. The number of hydrogen-bond acceptors (Lipinski definition) is 2. The Labute approximate surface area is 96.3 Å². The number of carbonyl (C=O) groups is 2. The molecule has 0 spiro atoms. The Balaban J connectivity index is 2.69. The number of quaternary nitrogens is 1. The van der Waals surface area contributed by atoms with Crippen molar-refractivity contribution >= 4 is 12.1 Å². The van der Waals surface area contributed by atoms with Gasteiger partial charge in [0.25, 0.3) is 0 Å². The lowest BCUT2D eigenvalue weighted by molar-refractivity contribution is -0.869. The molecule has 0 aliphatic rings. The lowest BCUT2D eigenvalue weighted by Gasteiger charge is -2.23. The Morgan fingerprint density at radius 3 is 2.56 bits per heavy atom. The number of hydrogen-bond donors (Lipinski definition) is 0. The van der Waals surface area contributed by atoms with Crippen LogP contribution in [0.3, 0.4) is 0 Å². The Morgan fingerprint density at radius 1 is 1.31 bits per heavy atom. The Kier molecular flexibility index (Phi) is 3.96. The first-order valence-electron chi connectivity index (χ1n) is 5.31. The van der Waals surface area contributed by atoms with Crippen LogP contribution in [0.5, 0.6) is 0 Å². The second-order valence-corrected chi connectivity index (χ2v) is 4.93. The van der Waals surface area contributed by atoms with Gasteiger partial charge >= 0.3 is 0 Å². The van der Waals surface area contributed by atoms with Gasteiger partial charge in [-0.2, -0.15) is 0 Å². The Bertz CT molecular complexity index is 391. The molecule has 0 radical (unpaired) electrons. The average Bonchev–Trinajstić information content (AvgIpc) is 2.25. The highest BCUT2D eigenvalue weighted by Crippen LogP contribution is 2.07. The molecule has 0 amide bonds. The molecule has 0 aliphatic carbocycles. The molecule has 0 aromatic heterocycles. The van der Waals surface area contributed by atoms with E-state index in [2.05, 4.69) is 21.1 Å². The van der Waals surface area contributed by atoms with Gasteiger partial charge in [-0.15, -0.1) is 0 Å². The third-order valence-electron chi connectivity index (χ3n) is 2.35. The number of carbonyl (C=O) groups excluding carboxylic acids is 2. The third-order valence-corrected chi connectivity index (χ3v) is 2.35. The van der Waals surface area contributed by atoms with E-state index in [4.69, 9.17) is 0 Å². The molecule has 0 heterocycles. The van der Waals surface area contributed by atoms with Gasteiger partial charge in [0, 0.05) is 11.1 Å². The fourth-order valence-corrected chi connectivity index (χ4v) is 1.37. The van der Waals surface area contributed by atoms with E-state index in [1.807, 2.05) is 0 Å². The zero-order valence-corrected chi connectivity index (χ0v) is 10.1. The fourth-order valence-electron chi connectivity index (χ4n) is 1.37. The van der Waals surface area contributed by atoms with Gasteiger partial charge in [-0.05, 0) is 6.07 Å². The number of aldehydes is 1. The molecular weight excluding hydrogens is 202 g/mol. The number of benzene rings is 1. The third kappa shape index (κ3) is 3.95. The molecule has 0 N–H and O–H groups in total. The van der Waals surface area contributed by atoms with E-state index in [9.17, 15) is 9.59 Å². The highest BCUT2D eigenvalue weighted by molar-refractivity contribution is 5.97. The topological polar surface area (TPSA) is 34.1 Å². The van der Waals surface area contributed by atoms with Gasteiger partial charge in [-0.3, -0.25) is 9.59 Å². The first-order valence-corrected chi connectivity index (χ1v) is 5.31. The minimum absolute atomic E-state index is 0.0942. The van der Waals surface area contributed by atoms with Crippen molar-refractivity contribution < 1.29 is 14.1 Å². The lowest BCUT2D eigenvalue weighted by atomic mass is 10.1. The Hall–Kier alpha value is -1.48. The van der Waals surface area contributed by atoms with Crippen LogP contribution in [0.15, 0.2) is 24.3 Å². The predicted octanol–water partition coefficient (Wildman–Crippen LogP) is 1.78. The summed E-state index contributed by atoms with van der Waals surface area (Å²) >= 11 is 0. The predicted molar refractivity (Wildman–Crippen MR) is 63.7 cm³/mol. The van der Waals surface area contributed by atoms with Crippen molar-refractivity contribution in [1.29, 1.82) is 0 Å². The van der Waals surface area contributed by atoms with Crippen LogP contribution in [0.25, 0.3) is 0 Å². The zero-order valence-electron chi connectivity index (χ0n) is 10.1. The fraction of sp³-hybridized carbons (Fsp3) is 0.385. The van der Waals surface area contributed by atoms with Gasteiger partial charge in [-0.1, -0.05) is 18.2 Å². The van der Waals surface area contributed by atoms with Crippen LogP contribution in [-0.2, 0) is 0 Å². The van der Waals surface area contributed by atoms with Crippen molar-refractivity contribution in [3.8, 4) is 0 Å². The molecule has 86 valence electrons. The summed E-state index contributed by atoms with van der Waals surface area (Å²) in [5.41, 5.74) is 1.18. The second kappa shape index (κ2) is 5.03. The quantitative estimate of drug-likeness (QED) is 0.430. The molecule has 0 aliphatic heterocycles. The largest absolute Gasteiger partial charge is 0.331 e. The number of Topliss-reactive ketones (excluding diaryl/α,β-unsaturated/α-hetero) is 1. The van der Waals surface area contributed by atoms with Crippen LogP contribution in [0, 0.1) is 0 Å². The molecule has 0 bridgehead atoms. The van der Waals surface area contributed by atoms with Crippen molar-refractivity contribution in [3.05, 3.63) is 35.4 Å². The zero-order chi connectivity index (χ0) is 12.2. The maximum absolute atomic E-state index is 11.8. The van der Waals surface area contributed by atoms with Crippen LogP contribution in [0.1, 0.15) is 27.1 Å². The van der Waals surface area contributed by atoms with Gasteiger partial charge in [0.1, 0.15) is 6.29 Å². The molecule has 3 heteroatoms. The SMILES string of the molecule is C[N+](C)(C)CCC(=O)c1cccc(C=O)c1. The van der Waals surface area contributed by atoms with Crippen molar-refractivity contribution in [2.45, 2.75) is 6.42 Å². The summed E-state index contributed by atoms with van der Waals surface area (Å²) in [7, 11) is 6.15. The maximum Gasteiger partial charge on any atom is 0.168 e. The van der Waals surface area contributed by atoms with Crippen LogP contribution in [0.2, 0.25) is 0 Å². The Morgan fingerprint density at radius 2 is 2.00 bits per heavy atom. The molecule has 0 fully saturated rings. The molecule has 0 unspecified atom stereocenters. The molecule has 1 rings (SSSR count). The van der Waals surface area contributed by atoms with E-state index in [1.54, 1.807) is 24.3 Å². The van der Waals surface area contributed by atoms with Crippen LogP contribution in [-0.4, -0.2) is 44.2 Å². The summed E-state index contributed by atoms with van der Waals surface area (Å²) in [6.45, 7) is 0.796. The van der Waals surface area contributed by atoms with Gasteiger partial charge in [-0.25, -0.2) is 0 Å². The van der Waals surface area contributed by atoms with Crippen LogP contribution < -0.4 is 0 Å². The molecule has 1 aromatic rings. The summed E-state index contributed by atoms with van der Waals surface area (Å²) in [5.74, 6) is 0.0942. The molecule has 16 heavy (non-hydrogen) atoms. The normalized spacial score (nSPS) is 11.2. The lowest BCUT2D eigenvalue weighted by Crippen LogP contribution is -2.36. The van der Waals surface area contributed by atoms with E-state index >= 15 is 0 Å². The maximum atomic E-state index is 11.8. The molecule has 1 aromatic carbocycles. The van der Waals surface area contributed by atoms with Gasteiger partial charge in [0.15, 0.2) is 5.78 Å². The van der Waals surface area contributed by atoms with E-state index < -0.39 is 0 Å². The molecule has 0 saturated carbocycles. The van der Waals surface area contributed by atoms with Crippen molar-refractivity contribution in [2.24, 2.45) is 0 Å². The number of nitrogens with zero attached hydrogens (tertiary/aromatic N) is 1. The minimum Gasteiger partial charge on any atom is -0.331 e. The highest BCUT2D eigenvalue weighted by Gasteiger charge is 2.12. The molecular formula is C13H18NO2+. The van der Waals surface area contributed by atoms with Crippen molar-refractivity contribution in [2.75, 3.05) is 27.7 Å². The summed E-state index contributed by atoms with van der Waals surface area (Å²) in [4.78, 5) is 22.4. The second-order valence-electron chi connectivity index (χ2n) is 4.93. The van der Waals surface area contributed by atoms with E-state index in [-0.39, 0.29) is 5.78 Å². The summed E-state index contributed by atoms with van der Waals surface area (Å²) < 4.78 is 0.763. The minimum atomic E-state index is 0.0942. The van der Waals surface area contributed by atoms with Crippen molar-refractivity contribution in [3.63, 3.8) is 0 Å². The number of rotatable bonds is 5. The summed E-state index contributed by atoms with van der Waals surface area (Å²) in [5, 5.41) is 0. The smallest absolute Gasteiger partial charge is 0.168 e. The summed E-state index contributed by atoms with van der Waals surface area (Å²) in [6.07, 6.45) is 1.27. The van der Waals surface area contributed by atoms with Crippen molar-refractivity contribution in [1.82, 2.24) is 0 Å².